The minimum atomic E-state index is -0.426. The highest BCUT2D eigenvalue weighted by atomic mass is 32.1. The summed E-state index contributed by atoms with van der Waals surface area (Å²) in [5.41, 5.74) is 0.713. The molecule has 23 heavy (non-hydrogen) atoms. The van der Waals surface area contributed by atoms with E-state index in [1.807, 2.05) is 4.57 Å². The summed E-state index contributed by atoms with van der Waals surface area (Å²) in [6, 6.07) is 4.16. The maximum Gasteiger partial charge on any atom is 0.341 e. The van der Waals surface area contributed by atoms with Crippen LogP contribution in [0.15, 0.2) is 6.07 Å². The van der Waals surface area contributed by atoms with Gasteiger partial charge in [0.25, 0.3) is 0 Å². The van der Waals surface area contributed by atoms with Gasteiger partial charge in [-0.3, -0.25) is 4.90 Å². The zero-order valence-corrected chi connectivity index (χ0v) is 14.0. The lowest BCUT2D eigenvalue weighted by Crippen LogP contribution is -2.43. The second kappa shape index (κ2) is 6.69. The number of aromatic nitrogens is 1. The lowest BCUT2D eigenvalue weighted by molar-refractivity contribution is 0.0524. The molecule has 2 aliphatic rings. The smallest absolute Gasteiger partial charge is 0.341 e. The van der Waals surface area contributed by atoms with E-state index in [0.29, 0.717) is 47.6 Å². The second-order valence-corrected chi connectivity index (χ2v) is 6.28. The van der Waals surface area contributed by atoms with Gasteiger partial charge in [0.2, 0.25) is 0 Å². The van der Waals surface area contributed by atoms with E-state index in [1.165, 1.54) is 31.7 Å². The quantitative estimate of drug-likeness (QED) is 0.678. The molecular weight excluding hydrogens is 312 g/mol. The molecule has 0 saturated heterocycles. The molecule has 6 nitrogen and oxygen atoms in total. The Morgan fingerprint density at radius 3 is 2.91 bits per heavy atom. The van der Waals surface area contributed by atoms with Gasteiger partial charge in [0.05, 0.1) is 25.5 Å². The molecule has 2 heterocycles. The van der Waals surface area contributed by atoms with E-state index >= 15 is 0 Å². The molecule has 0 spiro atoms. The topological polar surface area (TPSA) is 70.3 Å². The molecule has 1 saturated carbocycles. The van der Waals surface area contributed by atoms with Crippen molar-refractivity contribution in [1.29, 1.82) is 5.26 Å². The van der Waals surface area contributed by atoms with Gasteiger partial charge < -0.3 is 14.6 Å². The zero-order chi connectivity index (χ0) is 16.4. The van der Waals surface area contributed by atoms with Crippen molar-refractivity contribution in [2.24, 2.45) is 0 Å². The summed E-state index contributed by atoms with van der Waals surface area (Å²) in [6.07, 6.45) is 4.89. The van der Waals surface area contributed by atoms with Crippen LogP contribution in [0.5, 0.6) is 0 Å². The van der Waals surface area contributed by atoms with E-state index in [2.05, 4.69) is 16.3 Å². The third kappa shape index (κ3) is 2.96. The highest BCUT2D eigenvalue weighted by Crippen LogP contribution is 2.29. The monoisotopic (exact) mass is 332 g/mol. The third-order valence-corrected chi connectivity index (χ3v) is 4.96. The Hall–Kier alpha value is -1.91. The Morgan fingerprint density at radius 2 is 2.26 bits per heavy atom. The number of carbonyl (C=O) groups is 1. The highest BCUT2D eigenvalue weighted by Gasteiger charge is 2.29. The summed E-state index contributed by atoms with van der Waals surface area (Å²) < 4.78 is 7.42. The molecule has 0 bridgehead atoms. The predicted molar refractivity (Wildman–Crippen MR) is 88.5 cm³/mol. The standard InChI is InChI=1S/C16H20N4O2S/c1-2-22-16(21)13-7-11(8-17)15(23)20-10-19(9-18-14(13)20)12-5-3-4-6-12/h7,12,18H,2-6,9-10H2,1H3. The van der Waals surface area contributed by atoms with E-state index in [-0.39, 0.29) is 0 Å². The summed E-state index contributed by atoms with van der Waals surface area (Å²) in [4.78, 5) is 14.5. The lowest BCUT2D eigenvalue weighted by atomic mass is 10.1. The van der Waals surface area contributed by atoms with Gasteiger partial charge in [-0.05, 0) is 25.8 Å². The number of nitrogens with zero attached hydrogens (tertiary/aromatic N) is 3. The lowest BCUT2D eigenvalue weighted by Gasteiger charge is -2.36. The molecule has 1 fully saturated rings. The van der Waals surface area contributed by atoms with E-state index in [4.69, 9.17) is 17.0 Å². The van der Waals surface area contributed by atoms with Crippen molar-refractivity contribution in [2.45, 2.75) is 45.3 Å². The number of anilines is 1. The van der Waals surface area contributed by atoms with Crippen LogP contribution in [0.2, 0.25) is 0 Å². The zero-order valence-electron chi connectivity index (χ0n) is 13.2. The van der Waals surface area contributed by atoms with Gasteiger partial charge in [0.15, 0.2) is 0 Å². The van der Waals surface area contributed by atoms with E-state index in [9.17, 15) is 10.1 Å². The number of carbonyl (C=O) groups excluding carboxylic acids is 1. The van der Waals surface area contributed by atoms with Crippen molar-refractivity contribution in [3.63, 3.8) is 0 Å². The Kier molecular flexibility index (Phi) is 4.64. The molecule has 1 N–H and O–H groups in total. The van der Waals surface area contributed by atoms with Gasteiger partial charge in [0.1, 0.15) is 22.1 Å². The predicted octanol–water partition coefficient (Wildman–Crippen LogP) is 2.85. The fourth-order valence-corrected chi connectivity index (χ4v) is 3.61. The average molecular weight is 332 g/mol. The summed E-state index contributed by atoms with van der Waals surface area (Å²) in [5.74, 6) is 0.228. The minimum absolute atomic E-state index is 0.296. The van der Waals surface area contributed by atoms with Crippen LogP contribution in [-0.2, 0) is 11.4 Å². The second-order valence-electron chi connectivity index (χ2n) is 5.89. The van der Waals surface area contributed by atoms with Crippen LogP contribution < -0.4 is 5.32 Å². The molecule has 0 radical (unpaired) electrons. The van der Waals surface area contributed by atoms with Crippen LogP contribution in [0.4, 0.5) is 5.82 Å². The molecule has 7 heteroatoms. The molecule has 1 aliphatic carbocycles. The summed E-state index contributed by atoms with van der Waals surface area (Å²) in [7, 11) is 0. The van der Waals surface area contributed by atoms with Gasteiger partial charge >= 0.3 is 5.97 Å². The van der Waals surface area contributed by atoms with Crippen molar-refractivity contribution in [3.8, 4) is 6.07 Å². The van der Waals surface area contributed by atoms with Gasteiger partial charge in [0, 0.05) is 6.04 Å². The summed E-state index contributed by atoms with van der Waals surface area (Å²) in [5, 5.41) is 12.6. The van der Waals surface area contributed by atoms with E-state index in [0.717, 1.165) is 0 Å². The molecule has 1 aromatic heterocycles. The Balaban J connectivity index is 2.01. The highest BCUT2D eigenvalue weighted by molar-refractivity contribution is 7.71. The van der Waals surface area contributed by atoms with Crippen molar-refractivity contribution in [3.05, 3.63) is 21.8 Å². The number of pyridine rings is 1. The molecule has 1 aliphatic heterocycles. The summed E-state index contributed by atoms with van der Waals surface area (Å²) in [6.45, 7) is 3.34. The van der Waals surface area contributed by atoms with Crippen LogP contribution in [0.1, 0.15) is 48.5 Å². The molecule has 0 aromatic carbocycles. The third-order valence-electron chi connectivity index (χ3n) is 4.52. The van der Waals surface area contributed by atoms with Gasteiger partial charge in [-0.1, -0.05) is 25.1 Å². The van der Waals surface area contributed by atoms with Crippen LogP contribution >= 0.6 is 12.2 Å². The largest absolute Gasteiger partial charge is 0.462 e. The van der Waals surface area contributed by atoms with Crippen molar-refractivity contribution in [2.75, 3.05) is 18.6 Å². The molecule has 0 unspecified atom stereocenters. The number of hydrogen-bond acceptors (Lipinski definition) is 6. The molecule has 122 valence electrons. The first-order valence-electron chi connectivity index (χ1n) is 7.98. The van der Waals surface area contributed by atoms with Gasteiger partial charge in [-0.2, -0.15) is 5.26 Å². The van der Waals surface area contributed by atoms with Gasteiger partial charge in [-0.25, -0.2) is 4.79 Å². The maximum absolute atomic E-state index is 12.2. The Labute approximate surface area is 140 Å². The number of nitriles is 1. The molecule has 0 atom stereocenters. The van der Waals surface area contributed by atoms with Crippen LogP contribution in [0, 0.1) is 16.0 Å². The normalized spacial score (nSPS) is 18.1. The van der Waals surface area contributed by atoms with Crippen LogP contribution in [0.3, 0.4) is 0 Å². The first-order valence-corrected chi connectivity index (χ1v) is 8.39. The minimum Gasteiger partial charge on any atom is -0.462 e. The first-order chi connectivity index (χ1) is 11.2. The van der Waals surface area contributed by atoms with Gasteiger partial charge in [-0.15, -0.1) is 0 Å². The molecule has 3 rings (SSSR count). The number of esters is 1. The van der Waals surface area contributed by atoms with Crippen LogP contribution in [-0.4, -0.2) is 34.8 Å². The van der Waals surface area contributed by atoms with E-state index < -0.39 is 5.97 Å². The molecular formula is C16H20N4O2S. The Morgan fingerprint density at radius 1 is 1.52 bits per heavy atom. The molecule has 1 aromatic rings. The van der Waals surface area contributed by atoms with E-state index in [1.54, 1.807) is 6.92 Å². The number of nitrogens with one attached hydrogen (secondary N) is 1. The Bertz CT molecular complexity index is 716. The number of rotatable bonds is 3. The van der Waals surface area contributed by atoms with Crippen molar-refractivity contribution in [1.82, 2.24) is 9.47 Å². The van der Waals surface area contributed by atoms with Crippen molar-refractivity contribution < 1.29 is 9.53 Å². The molecule has 0 amide bonds. The fourth-order valence-electron chi connectivity index (χ4n) is 3.36. The fraction of sp³-hybridized carbons (Fsp3) is 0.562. The van der Waals surface area contributed by atoms with Crippen molar-refractivity contribution >= 4 is 24.0 Å². The first kappa shape index (κ1) is 16.0. The summed E-state index contributed by atoms with van der Waals surface area (Å²) >= 11 is 5.44. The SMILES string of the molecule is CCOC(=O)c1cc(C#N)c(=S)n2c1NCN(C1CCCC1)C2. The number of ether oxygens (including phenoxy) is 1. The number of fused-ring (bicyclic) bond motifs is 1. The average Bonchev–Trinajstić information content (AvgIpc) is 3.10. The maximum atomic E-state index is 12.2. The van der Waals surface area contributed by atoms with Crippen LogP contribution in [0.25, 0.3) is 0 Å². The number of hydrogen-bond donors (Lipinski definition) is 1.